The van der Waals surface area contributed by atoms with Gasteiger partial charge in [0.1, 0.15) is 0 Å². The van der Waals surface area contributed by atoms with E-state index < -0.39 is 0 Å². The molecule has 0 saturated heterocycles. The Morgan fingerprint density at radius 3 is 2.45 bits per heavy atom. The van der Waals surface area contributed by atoms with Crippen molar-refractivity contribution in [2.24, 2.45) is 5.92 Å². The quantitative estimate of drug-likeness (QED) is 0.598. The van der Waals surface area contributed by atoms with Crippen LogP contribution in [0.25, 0.3) is 6.08 Å². The van der Waals surface area contributed by atoms with E-state index in [0.29, 0.717) is 0 Å². The van der Waals surface area contributed by atoms with Gasteiger partial charge in [0.05, 0.1) is 0 Å². The highest BCUT2D eigenvalue weighted by molar-refractivity contribution is 5.49. The van der Waals surface area contributed by atoms with E-state index in [1.165, 1.54) is 18.4 Å². The Balaban J connectivity index is 2.05. The Hall–Kier alpha value is -1.04. The lowest BCUT2D eigenvalue weighted by atomic mass is 10.2. The summed E-state index contributed by atoms with van der Waals surface area (Å²) in [5.41, 5.74) is 1.32. The normalized spacial score (nSPS) is 17.5. The van der Waals surface area contributed by atoms with Gasteiger partial charge in [-0.05, 0) is 24.3 Å². The second-order valence-electron chi connectivity index (χ2n) is 3.11. The van der Waals surface area contributed by atoms with Crippen LogP contribution in [0.1, 0.15) is 18.4 Å². The SMILES string of the molecule is C(=C\C1CC1)/c1ccccc1. The van der Waals surface area contributed by atoms with Gasteiger partial charge in [0.25, 0.3) is 0 Å². The van der Waals surface area contributed by atoms with Gasteiger partial charge < -0.3 is 0 Å². The summed E-state index contributed by atoms with van der Waals surface area (Å²) >= 11 is 0. The Bertz CT molecular complexity index is 242. The van der Waals surface area contributed by atoms with Crippen molar-refractivity contribution in [3.05, 3.63) is 42.0 Å². The molecule has 0 aromatic heterocycles. The second kappa shape index (κ2) is 2.91. The van der Waals surface area contributed by atoms with Crippen molar-refractivity contribution in [3.8, 4) is 0 Å². The van der Waals surface area contributed by atoms with Gasteiger partial charge in [0.15, 0.2) is 0 Å². The molecule has 2 rings (SSSR count). The third kappa shape index (κ3) is 1.94. The van der Waals surface area contributed by atoms with Crippen molar-refractivity contribution >= 4 is 6.08 Å². The number of benzene rings is 1. The maximum Gasteiger partial charge on any atom is -0.0230 e. The molecular formula is C11H12. The zero-order chi connectivity index (χ0) is 7.52. The summed E-state index contributed by atoms with van der Waals surface area (Å²) in [4.78, 5) is 0. The van der Waals surface area contributed by atoms with E-state index in [1.807, 2.05) is 0 Å². The predicted octanol–water partition coefficient (Wildman–Crippen LogP) is 3.11. The molecule has 1 aromatic carbocycles. The lowest BCUT2D eigenvalue weighted by Gasteiger charge is -1.89. The van der Waals surface area contributed by atoms with E-state index in [9.17, 15) is 0 Å². The molecule has 1 aromatic rings. The van der Waals surface area contributed by atoms with E-state index >= 15 is 0 Å². The van der Waals surface area contributed by atoms with Gasteiger partial charge in [-0.25, -0.2) is 0 Å². The molecule has 0 atom stereocenters. The molecule has 56 valence electrons. The fourth-order valence-corrected chi connectivity index (χ4v) is 1.10. The molecule has 0 spiro atoms. The molecule has 0 unspecified atom stereocenters. The average Bonchev–Trinajstić information content (AvgIpc) is 2.86. The van der Waals surface area contributed by atoms with E-state index in [1.54, 1.807) is 0 Å². The molecule has 0 bridgehead atoms. The van der Waals surface area contributed by atoms with Crippen molar-refractivity contribution < 1.29 is 0 Å². The van der Waals surface area contributed by atoms with Gasteiger partial charge in [0.2, 0.25) is 0 Å². The highest BCUT2D eigenvalue weighted by Gasteiger charge is 2.16. The molecule has 0 N–H and O–H groups in total. The van der Waals surface area contributed by atoms with Crippen LogP contribution in [0.15, 0.2) is 36.4 Å². The molecule has 1 aliphatic carbocycles. The van der Waals surface area contributed by atoms with E-state index in [-0.39, 0.29) is 0 Å². The Kier molecular flexibility index (Phi) is 1.76. The maximum atomic E-state index is 2.31. The summed E-state index contributed by atoms with van der Waals surface area (Å²) in [6, 6.07) is 10.5. The summed E-state index contributed by atoms with van der Waals surface area (Å²) in [7, 11) is 0. The smallest absolute Gasteiger partial charge is 0.0230 e. The van der Waals surface area contributed by atoms with Crippen molar-refractivity contribution in [2.45, 2.75) is 12.8 Å². The van der Waals surface area contributed by atoms with Crippen LogP contribution in [0.2, 0.25) is 0 Å². The highest BCUT2D eigenvalue weighted by Crippen LogP contribution is 2.30. The summed E-state index contributed by atoms with van der Waals surface area (Å²) in [5.74, 6) is 0.884. The van der Waals surface area contributed by atoms with Crippen molar-refractivity contribution in [3.63, 3.8) is 0 Å². The van der Waals surface area contributed by atoms with Crippen molar-refractivity contribution in [1.29, 1.82) is 0 Å². The monoisotopic (exact) mass is 144 g/mol. The number of rotatable bonds is 2. The first-order valence-electron chi connectivity index (χ1n) is 4.18. The predicted molar refractivity (Wildman–Crippen MR) is 48.2 cm³/mol. The van der Waals surface area contributed by atoms with E-state index in [2.05, 4.69) is 42.5 Å². The lowest BCUT2D eigenvalue weighted by Crippen LogP contribution is -1.68. The fraction of sp³-hybridized carbons (Fsp3) is 0.273. The second-order valence-corrected chi connectivity index (χ2v) is 3.11. The molecule has 0 nitrogen and oxygen atoms in total. The molecule has 11 heavy (non-hydrogen) atoms. The van der Waals surface area contributed by atoms with Gasteiger partial charge in [-0.1, -0.05) is 42.5 Å². The highest BCUT2D eigenvalue weighted by atomic mass is 14.2. The van der Waals surface area contributed by atoms with Gasteiger partial charge in [-0.2, -0.15) is 0 Å². The van der Waals surface area contributed by atoms with Crippen molar-refractivity contribution in [1.82, 2.24) is 0 Å². The topological polar surface area (TPSA) is 0 Å². The first-order chi connectivity index (χ1) is 5.45. The van der Waals surface area contributed by atoms with Crippen molar-refractivity contribution in [2.75, 3.05) is 0 Å². The van der Waals surface area contributed by atoms with Gasteiger partial charge in [-0.15, -0.1) is 0 Å². The lowest BCUT2D eigenvalue weighted by molar-refractivity contribution is 1.13. The first-order valence-corrected chi connectivity index (χ1v) is 4.18. The molecule has 1 fully saturated rings. The van der Waals surface area contributed by atoms with Crippen LogP contribution >= 0.6 is 0 Å². The Morgan fingerprint density at radius 2 is 1.82 bits per heavy atom. The van der Waals surface area contributed by atoms with Crippen LogP contribution in [0.4, 0.5) is 0 Å². The molecule has 1 aliphatic rings. The molecule has 0 radical (unpaired) electrons. The third-order valence-corrected chi connectivity index (χ3v) is 1.98. The van der Waals surface area contributed by atoms with Crippen LogP contribution in [0.5, 0.6) is 0 Å². The van der Waals surface area contributed by atoms with Crippen LogP contribution in [0, 0.1) is 5.92 Å². The minimum Gasteiger partial charge on any atom is -0.0808 e. The average molecular weight is 144 g/mol. The zero-order valence-electron chi connectivity index (χ0n) is 6.53. The number of hydrogen-bond acceptors (Lipinski definition) is 0. The maximum absolute atomic E-state index is 2.31. The van der Waals surface area contributed by atoms with Gasteiger partial charge >= 0.3 is 0 Å². The molecule has 0 aliphatic heterocycles. The Labute approximate surface area is 67.6 Å². The summed E-state index contributed by atoms with van der Waals surface area (Å²) in [5, 5.41) is 0. The zero-order valence-corrected chi connectivity index (χ0v) is 6.53. The largest absolute Gasteiger partial charge is 0.0808 e. The molecule has 0 amide bonds. The summed E-state index contributed by atoms with van der Waals surface area (Å²) in [6.45, 7) is 0. The summed E-state index contributed by atoms with van der Waals surface area (Å²) in [6.07, 6.45) is 7.32. The fourth-order valence-electron chi connectivity index (χ4n) is 1.10. The molecule has 0 heterocycles. The molecule has 1 saturated carbocycles. The van der Waals surface area contributed by atoms with Crippen LogP contribution < -0.4 is 0 Å². The standard InChI is InChI=1S/C11H12/c1-2-4-10(5-3-1)6-7-11-8-9-11/h1-7,11H,8-9H2/b7-6+. The van der Waals surface area contributed by atoms with Gasteiger partial charge in [-0.3, -0.25) is 0 Å². The molecule has 0 heteroatoms. The van der Waals surface area contributed by atoms with Crippen LogP contribution in [0.3, 0.4) is 0 Å². The van der Waals surface area contributed by atoms with E-state index in [0.717, 1.165) is 5.92 Å². The van der Waals surface area contributed by atoms with Gasteiger partial charge in [0, 0.05) is 0 Å². The Morgan fingerprint density at radius 1 is 1.09 bits per heavy atom. The number of allylic oxidation sites excluding steroid dienone is 1. The molecular weight excluding hydrogens is 132 g/mol. The minimum absolute atomic E-state index is 0.884. The van der Waals surface area contributed by atoms with Crippen LogP contribution in [-0.2, 0) is 0 Å². The summed E-state index contributed by atoms with van der Waals surface area (Å²) < 4.78 is 0. The third-order valence-electron chi connectivity index (χ3n) is 1.98. The minimum atomic E-state index is 0.884. The van der Waals surface area contributed by atoms with E-state index in [4.69, 9.17) is 0 Å². The first kappa shape index (κ1) is 6.66. The number of hydrogen-bond donors (Lipinski definition) is 0. The van der Waals surface area contributed by atoms with Crippen LogP contribution in [-0.4, -0.2) is 0 Å².